The quantitative estimate of drug-likeness (QED) is 0.871. The Hall–Kier alpha value is -2.31. The van der Waals surface area contributed by atoms with E-state index in [1.807, 2.05) is 24.3 Å². The third kappa shape index (κ3) is 4.62. The minimum atomic E-state index is -0.229. The van der Waals surface area contributed by atoms with Crippen LogP contribution >= 0.6 is 0 Å². The standard InChI is InChI=1S/C18H17FO2/c1-14-12-17(9-10-18(14)19)21-13-16-7-5-15(6-8-16)4-2-3-11-20/h5-10,12,20H,3,11,13H2,1H3. The lowest BCUT2D eigenvalue weighted by Gasteiger charge is -2.07. The van der Waals surface area contributed by atoms with E-state index in [1.54, 1.807) is 19.1 Å². The summed E-state index contributed by atoms with van der Waals surface area (Å²) in [6.45, 7) is 2.22. The zero-order chi connectivity index (χ0) is 15.1. The minimum Gasteiger partial charge on any atom is -0.489 e. The van der Waals surface area contributed by atoms with Crippen LogP contribution in [0.4, 0.5) is 4.39 Å². The second kappa shape index (κ2) is 7.47. The number of hydrogen-bond donors (Lipinski definition) is 1. The molecule has 0 saturated carbocycles. The number of aryl methyl sites for hydroxylation is 1. The van der Waals surface area contributed by atoms with Crippen molar-refractivity contribution in [3.63, 3.8) is 0 Å². The van der Waals surface area contributed by atoms with Crippen LogP contribution in [0, 0.1) is 24.6 Å². The highest BCUT2D eigenvalue weighted by Gasteiger charge is 2.00. The highest BCUT2D eigenvalue weighted by atomic mass is 19.1. The van der Waals surface area contributed by atoms with E-state index in [0.29, 0.717) is 24.3 Å². The predicted molar refractivity (Wildman–Crippen MR) is 80.5 cm³/mol. The largest absolute Gasteiger partial charge is 0.489 e. The first-order chi connectivity index (χ1) is 10.2. The van der Waals surface area contributed by atoms with Crippen LogP contribution in [0.2, 0.25) is 0 Å². The van der Waals surface area contributed by atoms with Gasteiger partial charge < -0.3 is 9.84 Å². The third-order valence-corrected chi connectivity index (χ3v) is 2.96. The van der Waals surface area contributed by atoms with E-state index in [4.69, 9.17) is 9.84 Å². The van der Waals surface area contributed by atoms with Crippen molar-refractivity contribution in [2.45, 2.75) is 20.0 Å². The number of rotatable bonds is 4. The number of ether oxygens (including phenoxy) is 1. The van der Waals surface area contributed by atoms with Gasteiger partial charge in [-0.25, -0.2) is 4.39 Å². The normalized spacial score (nSPS) is 9.86. The van der Waals surface area contributed by atoms with E-state index >= 15 is 0 Å². The molecule has 0 aliphatic rings. The summed E-state index contributed by atoms with van der Waals surface area (Å²) in [5.74, 6) is 6.27. The van der Waals surface area contributed by atoms with Gasteiger partial charge in [0.25, 0.3) is 0 Å². The molecule has 21 heavy (non-hydrogen) atoms. The van der Waals surface area contributed by atoms with Gasteiger partial charge in [0.2, 0.25) is 0 Å². The lowest BCUT2D eigenvalue weighted by molar-refractivity contribution is 0.305. The van der Waals surface area contributed by atoms with E-state index in [9.17, 15) is 4.39 Å². The lowest BCUT2D eigenvalue weighted by Crippen LogP contribution is -1.96. The van der Waals surface area contributed by atoms with Gasteiger partial charge in [0.05, 0.1) is 6.61 Å². The van der Waals surface area contributed by atoms with Gasteiger partial charge in [0, 0.05) is 12.0 Å². The van der Waals surface area contributed by atoms with E-state index in [1.165, 1.54) is 6.07 Å². The van der Waals surface area contributed by atoms with Crippen molar-refractivity contribution in [1.82, 2.24) is 0 Å². The van der Waals surface area contributed by atoms with E-state index in [0.717, 1.165) is 11.1 Å². The molecular formula is C18H17FO2. The molecule has 0 saturated heterocycles. The molecule has 2 aromatic carbocycles. The van der Waals surface area contributed by atoms with Gasteiger partial charge in [-0.05, 0) is 48.4 Å². The molecule has 0 radical (unpaired) electrons. The molecule has 0 aliphatic heterocycles. The van der Waals surface area contributed by atoms with Crippen LogP contribution in [-0.4, -0.2) is 11.7 Å². The van der Waals surface area contributed by atoms with E-state index < -0.39 is 0 Å². The second-order valence-corrected chi connectivity index (χ2v) is 4.67. The van der Waals surface area contributed by atoms with Crippen molar-refractivity contribution in [1.29, 1.82) is 0 Å². The molecule has 3 heteroatoms. The highest BCUT2D eigenvalue weighted by Crippen LogP contribution is 2.17. The maximum absolute atomic E-state index is 13.1. The Labute approximate surface area is 124 Å². The fraction of sp³-hybridized carbons (Fsp3) is 0.222. The van der Waals surface area contributed by atoms with Gasteiger partial charge in [0.1, 0.15) is 18.2 Å². The summed E-state index contributed by atoms with van der Waals surface area (Å²) in [5.41, 5.74) is 2.50. The zero-order valence-electron chi connectivity index (χ0n) is 11.9. The molecule has 0 unspecified atom stereocenters. The average Bonchev–Trinajstić information content (AvgIpc) is 2.50. The first kappa shape index (κ1) is 15.1. The van der Waals surface area contributed by atoms with Crippen molar-refractivity contribution in [2.24, 2.45) is 0 Å². The molecular weight excluding hydrogens is 267 g/mol. The van der Waals surface area contributed by atoms with Gasteiger partial charge in [-0.1, -0.05) is 24.0 Å². The first-order valence-electron chi connectivity index (χ1n) is 6.76. The Balaban J connectivity index is 1.94. The molecule has 2 aromatic rings. The maximum atomic E-state index is 13.1. The Morgan fingerprint density at radius 2 is 1.90 bits per heavy atom. The van der Waals surface area contributed by atoms with Crippen LogP contribution in [-0.2, 0) is 6.61 Å². The Kier molecular flexibility index (Phi) is 5.36. The summed E-state index contributed by atoms with van der Waals surface area (Å²) >= 11 is 0. The summed E-state index contributed by atoms with van der Waals surface area (Å²) in [7, 11) is 0. The van der Waals surface area contributed by atoms with Gasteiger partial charge in [-0.15, -0.1) is 0 Å². The van der Waals surface area contributed by atoms with Gasteiger partial charge in [-0.3, -0.25) is 0 Å². The predicted octanol–water partition coefficient (Wildman–Crippen LogP) is 3.45. The molecule has 2 nitrogen and oxygen atoms in total. The van der Waals surface area contributed by atoms with Crippen LogP contribution in [0.15, 0.2) is 42.5 Å². The van der Waals surface area contributed by atoms with Crippen molar-refractivity contribution >= 4 is 0 Å². The van der Waals surface area contributed by atoms with Crippen molar-refractivity contribution in [3.8, 4) is 17.6 Å². The molecule has 2 rings (SSSR count). The van der Waals surface area contributed by atoms with Crippen LogP contribution in [0.3, 0.4) is 0 Å². The third-order valence-electron chi connectivity index (χ3n) is 2.96. The lowest BCUT2D eigenvalue weighted by atomic mass is 10.1. The molecule has 1 N–H and O–H groups in total. The van der Waals surface area contributed by atoms with Crippen molar-refractivity contribution in [2.75, 3.05) is 6.61 Å². The Morgan fingerprint density at radius 1 is 1.14 bits per heavy atom. The fourth-order valence-corrected chi connectivity index (χ4v) is 1.78. The summed E-state index contributed by atoms with van der Waals surface area (Å²) < 4.78 is 18.8. The molecule has 0 atom stereocenters. The summed E-state index contributed by atoms with van der Waals surface area (Å²) in [5, 5.41) is 8.66. The van der Waals surface area contributed by atoms with Crippen LogP contribution in [0.1, 0.15) is 23.1 Å². The van der Waals surface area contributed by atoms with Crippen LogP contribution in [0.25, 0.3) is 0 Å². The van der Waals surface area contributed by atoms with Crippen molar-refractivity contribution in [3.05, 3.63) is 65.0 Å². The molecule has 0 fully saturated rings. The zero-order valence-corrected chi connectivity index (χ0v) is 11.9. The topological polar surface area (TPSA) is 29.5 Å². The number of aliphatic hydroxyl groups is 1. The molecule has 0 heterocycles. The second-order valence-electron chi connectivity index (χ2n) is 4.67. The Bertz CT molecular complexity index is 651. The molecule has 0 aliphatic carbocycles. The molecule has 108 valence electrons. The molecule has 0 aromatic heterocycles. The number of halogens is 1. The number of hydrogen-bond acceptors (Lipinski definition) is 2. The summed E-state index contributed by atoms with van der Waals surface area (Å²) in [6.07, 6.45) is 0.481. The van der Waals surface area contributed by atoms with Crippen molar-refractivity contribution < 1.29 is 14.2 Å². The highest BCUT2D eigenvalue weighted by molar-refractivity contribution is 5.36. The minimum absolute atomic E-state index is 0.0794. The van der Waals surface area contributed by atoms with Gasteiger partial charge >= 0.3 is 0 Å². The summed E-state index contributed by atoms with van der Waals surface area (Å²) in [4.78, 5) is 0. The smallest absolute Gasteiger partial charge is 0.126 e. The van der Waals surface area contributed by atoms with E-state index in [-0.39, 0.29) is 12.4 Å². The Morgan fingerprint density at radius 3 is 2.57 bits per heavy atom. The van der Waals surface area contributed by atoms with E-state index in [2.05, 4.69) is 11.8 Å². The number of benzene rings is 2. The average molecular weight is 284 g/mol. The van der Waals surface area contributed by atoms with Gasteiger partial charge in [-0.2, -0.15) is 0 Å². The fourth-order valence-electron chi connectivity index (χ4n) is 1.78. The van der Waals surface area contributed by atoms with Crippen LogP contribution in [0.5, 0.6) is 5.75 Å². The SMILES string of the molecule is Cc1cc(OCc2ccc(C#CCCO)cc2)ccc1F. The molecule has 0 bridgehead atoms. The summed E-state index contributed by atoms with van der Waals surface area (Å²) in [6, 6.07) is 12.4. The molecule has 0 amide bonds. The van der Waals surface area contributed by atoms with Crippen LogP contribution < -0.4 is 4.74 Å². The maximum Gasteiger partial charge on any atom is 0.126 e. The number of aliphatic hydroxyl groups excluding tert-OH is 1. The monoisotopic (exact) mass is 284 g/mol. The van der Waals surface area contributed by atoms with Gasteiger partial charge in [0.15, 0.2) is 0 Å². The first-order valence-corrected chi connectivity index (χ1v) is 6.76. The molecule has 0 spiro atoms.